The summed E-state index contributed by atoms with van der Waals surface area (Å²) in [6, 6.07) is 8.23. The minimum Gasteiger partial charge on any atom is -0.492 e. The van der Waals surface area contributed by atoms with E-state index in [1.165, 1.54) is 18.2 Å². The summed E-state index contributed by atoms with van der Waals surface area (Å²) in [5.74, 6) is -3.44. The number of pyridine rings is 1. The van der Waals surface area contributed by atoms with Crippen molar-refractivity contribution in [3.05, 3.63) is 47.7 Å². The summed E-state index contributed by atoms with van der Waals surface area (Å²) in [5.41, 5.74) is -1.05. The number of aromatic nitrogens is 2. The van der Waals surface area contributed by atoms with Crippen molar-refractivity contribution in [2.75, 3.05) is 6.61 Å². The standard InChI is InChI=1S/C24H26N2O8/c1-5-6-13-32-21(29)15-9-7-14-8-10-16(22(30)34-26-17(27)11-12-18(26)28)25-19(14)20(15)33-23(31)24(2,3)4/h7-12,27-28H,5-6,13H2,1-4H3. The lowest BCUT2D eigenvalue weighted by Gasteiger charge is -2.19. The molecule has 1 aromatic carbocycles. The molecule has 180 valence electrons. The molecule has 0 spiro atoms. The van der Waals surface area contributed by atoms with E-state index < -0.39 is 35.1 Å². The van der Waals surface area contributed by atoms with Gasteiger partial charge < -0.3 is 24.5 Å². The summed E-state index contributed by atoms with van der Waals surface area (Å²) >= 11 is 0. The molecule has 2 aromatic heterocycles. The van der Waals surface area contributed by atoms with Gasteiger partial charge in [-0.2, -0.15) is 0 Å². The molecule has 0 bridgehead atoms. The van der Waals surface area contributed by atoms with Crippen LogP contribution in [0.15, 0.2) is 36.4 Å². The number of ether oxygens (including phenoxy) is 2. The quantitative estimate of drug-likeness (QED) is 0.301. The number of fused-ring (bicyclic) bond motifs is 1. The molecule has 0 fully saturated rings. The van der Waals surface area contributed by atoms with Gasteiger partial charge in [0, 0.05) is 17.5 Å². The van der Waals surface area contributed by atoms with Crippen molar-refractivity contribution in [3.63, 3.8) is 0 Å². The second kappa shape index (κ2) is 9.82. The molecule has 0 radical (unpaired) electrons. The lowest BCUT2D eigenvalue weighted by Crippen LogP contribution is -2.27. The first kappa shape index (κ1) is 24.6. The first-order valence-electron chi connectivity index (χ1n) is 10.7. The van der Waals surface area contributed by atoms with Crippen LogP contribution >= 0.6 is 0 Å². The molecule has 0 amide bonds. The van der Waals surface area contributed by atoms with E-state index in [1.807, 2.05) is 6.92 Å². The van der Waals surface area contributed by atoms with E-state index >= 15 is 0 Å². The molecule has 3 rings (SSSR count). The third-order valence-electron chi connectivity index (χ3n) is 4.75. The molecule has 2 N–H and O–H groups in total. The highest BCUT2D eigenvalue weighted by Gasteiger charge is 2.28. The lowest BCUT2D eigenvalue weighted by atomic mass is 9.97. The Kier molecular flexibility index (Phi) is 7.09. The van der Waals surface area contributed by atoms with Crippen molar-refractivity contribution in [2.45, 2.75) is 40.5 Å². The summed E-state index contributed by atoms with van der Waals surface area (Å²) in [6.45, 7) is 7.13. The van der Waals surface area contributed by atoms with Gasteiger partial charge in [-0.1, -0.05) is 25.5 Å². The zero-order chi connectivity index (χ0) is 25.0. The highest BCUT2D eigenvalue weighted by molar-refractivity contribution is 6.02. The number of unbranched alkanes of at least 4 members (excludes halogenated alkanes) is 1. The Bertz CT molecular complexity index is 1220. The number of nitrogens with zero attached hydrogens (tertiary/aromatic N) is 2. The van der Waals surface area contributed by atoms with Gasteiger partial charge >= 0.3 is 17.9 Å². The van der Waals surface area contributed by atoms with Gasteiger partial charge in [0.1, 0.15) is 11.1 Å². The maximum atomic E-state index is 12.7. The van der Waals surface area contributed by atoms with Gasteiger partial charge in [0.05, 0.1) is 12.0 Å². The van der Waals surface area contributed by atoms with Crippen LogP contribution in [0.5, 0.6) is 17.5 Å². The summed E-state index contributed by atoms with van der Waals surface area (Å²) in [4.78, 5) is 47.3. The zero-order valence-electron chi connectivity index (χ0n) is 19.3. The van der Waals surface area contributed by atoms with E-state index in [4.69, 9.17) is 14.3 Å². The second-order valence-electron chi connectivity index (χ2n) is 8.56. The molecule has 0 saturated carbocycles. The average Bonchev–Trinajstić information content (AvgIpc) is 3.10. The van der Waals surface area contributed by atoms with Crippen molar-refractivity contribution in [1.29, 1.82) is 0 Å². The van der Waals surface area contributed by atoms with Gasteiger partial charge in [0.2, 0.25) is 11.8 Å². The number of benzene rings is 1. The van der Waals surface area contributed by atoms with E-state index in [0.717, 1.165) is 18.6 Å². The Morgan fingerprint density at radius 2 is 1.62 bits per heavy atom. The van der Waals surface area contributed by atoms with Crippen LogP contribution < -0.4 is 9.57 Å². The van der Waals surface area contributed by atoms with E-state index in [9.17, 15) is 24.6 Å². The maximum absolute atomic E-state index is 12.7. The molecule has 34 heavy (non-hydrogen) atoms. The van der Waals surface area contributed by atoms with Gasteiger partial charge in [-0.15, -0.1) is 4.73 Å². The van der Waals surface area contributed by atoms with E-state index in [-0.39, 0.29) is 29.1 Å². The number of aromatic hydroxyl groups is 2. The van der Waals surface area contributed by atoms with Crippen LogP contribution in [0, 0.1) is 5.41 Å². The Balaban J connectivity index is 2.06. The van der Waals surface area contributed by atoms with Gasteiger partial charge in [0.25, 0.3) is 0 Å². The van der Waals surface area contributed by atoms with E-state index in [2.05, 4.69) is 4.98 Å². The van der Waals surface area contributed by atoms with Crippen molar-refractivity contribution in [1.82, 2.24) is 9.71 Å². The minimum absolute atomic E-state index is 0.0140. The SMILES string of the molecule is CCCCOC(=O)c1ccc2ccc(C(=O)On3c(O)ccc3O)nc2c1OC(=O)C(C)(C)C. The molecule has 10 heteroatoms. The monoisotopic (exact) mass is 470 g/mol. The zero-order valence-corrected chi connectivity index (χ0v) is 19.3. The topological polar surface area (TPSA) is 137 Å². The number of hydrogen-bond donors (Lipinski definition) is 2. The third-order valence-corrected chi connectivity index (χ3v) is 4.75. The molecule has 0 atom stereocenters. The molecule has 0 aliphatic heterocycles. The first-order valence-corrected chi connectivity index (χ1v) is 10.7. The summed E-state index contributed by atoms with van der Waals surface area (Å²) in [7, 11) is 0. The van der Waals surface area contributed by atoms with Gasteiger partial charge in [-0.3, -0.25) is 4.79 Å². The average molecular weight is 470 g/mol. The van der Waals surface area contributed by atoms with Crippen LogP contribution in [-0.4, -0.2) is 44.4 Å². The van der Waals surface area contributed by atoms with Gasteiger partial charge in [-0.25, -0.2) is 14.6 Å². The van der Waals surface area contributed by atoms with Crippen LogP contribution in [0.2, 0.25) is 0 Å². The fourth-order valence-electron chi connectivity index (χ4n) is 2.80. The fourth-order valence-corrected chi connectivity index (χ4v) is 2.80. The Labute approximate surface area is 195 Å². The Hall–Kier alpha value is -4.08. The normalized spacial score (nSPS) is 11.3. The molecular weight excluding hydrogens is 444 g/mol. The molecule has 0 saturated heterocycles. The fraction of sp³-hybridized carbons (Fsp3) is 0.333. The highest BCUT2D eigenvalue weighted by Crippen LogP contribution is 2.32. The predicted octanol–water partition coefficient (Wildman–Crippen LogP) is 3.62. The second-order valence-corrected chi connectivity index (χ2v) is 8.56. The molecule has 0 aliphatic rings. The molecule has 0 aliphatic carbocycles. The van der Waals surface area contributed by atoms with Crippen LogP contribution in [0.4, 0.5) is 0 Å². The van der Waals surface area contributed by atoms with Gasteiger partial charge in [-0.05, 0) is 39.3 Å². The molecular formula is C24H26N2O8. The van der Waals surface area contributed by atoms with Crippen molar-refractivity contribution in [2.24, 2.45) is 5.41 Å². The number of esters is 2. The van der Waals surface area contributed by atoms with Crippen molar-refractivity contribution in [3.8, 4) is 17.5 Å². The summed E-state index contributed by atoms with van der Waals surface area (Å²) in [5, 5.41) is 19.9. The lowest BCUT2D eigenvalue weighted by molar-refractivity contribution is -0.142. The van der Waals surface area contributed by atoms with Crippen molar-refractivity contribution < 1.29 is 38.9 Å². The number of carbonyl (C=O) groups excluding carboxylic acids is 3. The summed E-state index contributed by atoms with van der Waals surface area (Å²) in [6.07, 6.45) is 1.50. The van der Waals surface area contributed by atoms with Gasteiger partial charge in [0.15, 0.2) is 11.4 Å². The largest absolute Gasteiger partial charge is 0.492 e. The highest BCUT2D eigenvalue weighted by atomic mass is 16.7. The van der Waals surface area contributed by atoms with Crippen LogP contribution in [0.1, 0.15) is 61.4 Å². The molecule has 0 unspecified atom stereocenters. The Morgan fingerprint density at radius 3 is 2.24 bits per heavy atom. The van der Waals surface area contributed by atoms with Crippen LogP contribution in [0.25, 0.3) is 10.9 Å². The first-order chi connectivity index (χ1) is 16.0. The van der Waals surface area contributed by atoms with Crippen LogP contribution in [0.3, 0.4) is 0 Å². The predicted molar refractivity (Wildman–Crippen MR) is 121 cm³/mol. The van der Waals surface area contributed by atoms with Crippen molar-refractivity contribution >= 4 is 28.8 Å². The number of hydrogen-bond acceptors (Lipinski definition) is 9. The number of carbonyl (C=O) groups is 3. The maximum Gasteiger partial charge on any atom is 0.382 e. The van der Waals surface area contributed by atoms with Crippen LogP contribution in [-0.2, 0) is 9.53 Å². The summed E-state index contributed by atoms with van der Waals surface area (Å²) < 4.78 is 11.4. The smallest absolute Gasteiger partial charge is 0.382 e. The third kappa shape index (κ3) is 5.28. The molecule has 2 heterocycles. The van der Waals surface area contributed by atoms with E-state index in [0.29, 0.717) is 16.5 Å². The van der Waals surface area contributed by atoms with E-state index in [1.54, 1.807) is 26.8 Å². The minimum atomic E-state index is -1.01. The Morgan fingerprint density at radius 1 is 0.971 bits per heavy atom. The molecule has 3 aromatic rings. The molecule has 10 nitrogen and oxygen atoms in total. The number of rotatable bonds is 7.